The first kappa shape index (κ1) is 19.0. The Hall–Kier alpha value is -2.96. The first-order chi connectivity index (χ1) is 14.5. The molecule has 0 N–H and O–H groups in total. The highest BCUT2D eigenvalue weighted by Gasteiger charge is 2.31. The molecule has 5 nitrogen and oxygen atoms in total. The molecule has 0 saturated heterocycles. The maximum Gasteiger partial charge on any atom is 0.258 e. The van der Waals surface area contributed by atoms with Gasteiger partial charge < -0.3 is 4.90 Å². The molecule has 0 unspecified atom stereocenters. The zero-order valence-corrected chi connectivity index (χ0v) is 17.3. The molecule has 2 aliphatic heterocycles. The van der Waals surface area contributed by atoms with Crippen molar-refractivity contribution in [2.75, 3.05) is 18.0 Å². The van der Waals surface area contributed by atoms with Crippen LogP contribution in [0.3, 0.4) is 0 Å². The largest absolute Gasteiger partial charge is 0.308 e. The summed E-state index contributed by atoms with van der Waals surface area (Å²) in [4.78, 5) is 14.9. The summed E-state index contributed by atoms with van der Waals surface area (Å²) in [7, 11) is -3.59. The normalized spacial score (nSPS) is 16.2. The minimum atomic E-state index is -3.59. The molecule has 1 amide bonds. The zero-order valence-electron chi connectivity index (χ0n) is 16.5. The number of sulfonamides is 1. The van der Waals surface area contributed by atoms with Crippen LogP contribution in [-0.2, 0) is 29.4 Å². The van der Waals surface area contributed by atoms with E-state index in [9.17, 15) is 13.2 Å². The fourth-order valence-corrected chi connectivity index (χ4v) is 5.78. The van der Waals surface area contributed by atoms with E-state index in [1.807, 2.05) is 36.4 Å². The van der Waals surface area contributed by atoms with Crippen molar-refractivity contribution in [3.63, 3.8) is 0 Å². The molecule has 0 aromatic heterocycles. The number of rotatable bonds is 3. The topological polar surface area (TPSA) is 57.7 Å². The van der Waals surface area contributed by atoms with Crippen LogP contribution in [-0.4, -0.2) is 31.7 Å². The van der Waals surface area contributed by atoms with E-state index in [1.165, 1.54) is 5.56 Å². The second-order valence-corrected chi connectivity index (χ2v) is 9.66. The molecule has 0 aliphatic carbocycles. The predicted molar refractivity (Wildman–Crippen MR) is 116 cm³/mol. The van der Waals surface area contributed by atoms with Crippen LogP contribution in [0.2, 0.25) is 0 Å². The molecule has 0 radical (unpaired) electrons. The molecule has 2 aliphatic rings. The zero-order chi connectivity index (χ0) is 20.7. The van der Waals surface area contributed by atoms with Crippen molar-refractivity contribution in [1.82, 2.24) is 4.31 Å². The van der Waals surface area contributed by atoms with Gasteiger partial charge in [-0.05, 0) is 59.9 Å². The molecule has 3 aromatic rings. The highest BCUT2D eigenvalue weighted by atomic mass is 32.2. The lowest BCUT2D eigenvalue weighted by molar-refractivity contribution is 0.0989. The number of hydrogen-bond donors (Lipinski definition) is 0. The van der Waals surface area contributed by atoms with E-state index in [0.29, 0.717) is 36.5 Å². The molecule has 0 bridgehead atoms. The smallest absolute Gasteiger partial charge is 0.258 e. The molecule has 0 atom stereocenters. The van der Waals surface area contributed by atoms with Gasteiger partial charge in [-0.1, -0.05) is 42.5 Å². The van der Waals surface area contributed by atoms with Crippen LogP contribution >= 0.6 is 0 Å². The van der Waals surface area contributed by atoms with E-state index in [0.717, 1.165) is 23.2 Å². The number of carbonyl (C=O) groups excluding carboxylic acids is 1. The van der Waals surface area contributed by atoms with Gasteiger partial charge in [0.15, 0.2) is 0 Å². The molecular formula is C24H22N2O3S. The van der Waals surface area contributed by atoms with Gasteiger partial charge in [0.2, 0.25) is 10.0 Å². The van der Waals surface area contributed by atoms with Gasteiger partial charge in [-0.2, -0.15) is 4.31 Å². The van der Waals surface area contributed by atoms with Gasteiger partial charge in [0.1, 0.15) is 0 Å². The fourth-order valence-electron chi connectivity index (χ4n) is 4.31. The van der Waals surface area contributed by atoms with E-state index in [4.69, 9.17) is 0 Å². The summed E-state index contributed by atoms with van der Waals surface area (Å²) < 4.78 is 28.1. The van der Waals surface area contributed by atoms with Gasteiger partial charge in [-0.3, -0.25) is 4.79 Å². The van der Waals surface area contributed by atoms with Crippen LogP contribution in [0.1, 0.15) is 27.0 Å². The summed E-state index contributed by atoms with van der Waals surface area (Å²) in [5.74, 6) is -0.0578. The monoisotopic (exact) mass is 418 g/mol. The first-order valence-corrected chi connectivity index (χ1v) is 11.5. The highest BCUT2D eigenvalue weighted by Crippen LogP contribution is 2.33. The quantitative estimate of drug-likeness (QED) is 0.653. The van der Waals surface area contributed by atoms with Crippen molar-refractivity contribution < 1.29 is 13.2 Å². The number of anilines is 1. The van der Waals surface area contributed by atoms with E-state index in [-0.39, 0.29) is 5.91 Å². The SMILES string of the molecule is O=C(c1ccccc1)N1CCc2cc(S(=O)(=O)N3CCc4ccccc4C3)ccc21. The molecule has 2 heterocycles. The predicted octanol–water partition coefficient (Wildman–Crippen LogP) is 3.64. The number of nitrogens with zero attached hydrogens (tertiary/aromatic N) is 2. The van der Waals surface area contributed by atoms with Crippen molar-refractivity contribution in [1.29, 1.82) is 0 Å². The number of hydrogen-bond acceptors (Lipinski definition) is 3. The minimum absolute atomic E-state index is 0.0578. The van der Waals surface area contributed by atoms with Gasteiger partial charge in [-0.25, -0.2) is 8.42 Å². The van der Waals surface area contributed by atoms with E-state index in [2.05, 4.69) is 6.07 Å². The lowest BCUT2D eigenvalue weighted by atomic mass is 10.0. The third-order valence-corrected chi connectivity index (χ3v) is 7.79. The third kappa shape index (κ3) is 3.22. The summed E-state index contributed by atoms with van der Waals surface area (Å²) in [6.07, 6.45) is 1.37. The Labute approximate surface area is 176 Å². The van der Waals surface area contributed by atoms with Crippen molar-refractivity contribution in [2.24, 2.45) is 0 Å². The van der Waals surface area contributed by atoms with Crippen LogP contribution in [0.5, 0.6) is 0 Å². The van der Waals surface area contributed by atoms with Gasteiger partial charge in [-0.15, -0.1) is 0 Å². The van der Waals surface area contributed by atoms with Crippen LogP contribution in [0.15, 0.2) is 77.7 Å². The molecule has 152 valence electrons. The Morgan fingerprint density at radius 1 is 0.767 bits per heavy atom. The Kier molecular flexibility index (Phi) is 4.68. The fraction of sp³-hybridized carbons (Fsp3) is 0.208. The highest BCUT2D eigenvalue weighted by molar-refractivity contribution is 7.89. The van der Waals surface area contributed by atoms with Crippen molar-refractivity contribution in [3.8, 4) is 0 Å². The average Bonchev–Trinajstić information content (AvgIpc) is 3.22. The molecule has 0 saturated carbocycles. The van der Waals surface area contributed by atoms with Crippen molar-refractivity contribution in [3.05, 3.63) is 95.1 Å². The first-order valence-electron chi connectivity index (χ1n) is 10.1. The van der Waals surface area contributed by atoms with Gasteiger partial charge in [0, 0.05) is 30.9 Å². The molecular weight excluding hydrogens is 396 g/mol. The molecule has 3 aromatic carbocycles. The second kappa shape index (κ2) is 7.38. The summed E-state index contributed by atoms with van der Waals surface area (Å²) in [6, 6.07) is 22.3. The Morgan fingerprint density at radius 3 is 2.27 bits per heavy atom. The number of fused-ring (bicyclic) bond motifs is 2. The van der Waals surface area contributed by atoms with Crippen LogP contribution in [0.4, 0.5) is 5.69 Å². The summed E-state index contributed by atoms with van der Waals surface area (Å²) >= 11 is 0. The number of carbonyl (C=O) groups is 1. The van der Waals surface area contributed by atoms with Crippen molar-refractivity contribution in [2.45, 2.75) is 24.3 Å². The van der Waals surface area contributed by atoms with Crippen LogP contribution < -0.4 is 4.90 Å². The van der Waals surface area contributed by atoms with E-state index in [1.54, 1.807) is 39.5 Å². The van der Waals surface area contributed by atoms with E-state index < -0.39 is 10.0 Å². The maximum absolute atomic E-state index is 13.3. The standard InChI is InChI=1S/C24H22N2O3S/c27-24(19-7-2-1-3-8-19)26-15-13-20-16-22(10-11-23(20)26)30(28,29)25-14-12-18-6-4-5-9-21(18)17-25/h1-11,16H,12-15,17H2. The molecule has 6 heteroatoms. The molecule has 0 fully saturated rings. The minimum Gasteiger partial charge on any atom is -0.308 e. The molecule has 30 heavy (non-hydrogen) atoms. The van der Waals surface area contributed by atoms with Gasteiger partial charge in [0.25, 0.3) is 5.91 Å². The van der Waals surface area contributed by atoms with Gasteiger partial charge >= 0.3 is 0 Å². The third-order valence-electron chi connectivity index (χ3n) is 5.95. The van der Waals surface area contributed by atoms with Crippen molar-refractivity contribution >= 4 is 21.6 Å². The average molecular weight is 419 g/mol. The summed E-state index contributed by atoms with van der Waals surface area (Å²) in [5.41, 5.74) is 4.61. The van der Waals surface area contributed by atoms with Gasteiger partial charge in [0.05, 0.1) is 4.90 Å². The number of benzene rings is 3. The Bertz CT molecular complexity index is 1220. The van der Waals surface area contributed by atoms with E-state index >= 15 is 0 Å². The van der Waals surface area contributed by atoms with Crippen LogP contribution in [0.25, 0.3) is 0 Å². The number of amides is 1. The Morgan fingerprint density at radius 2 is 1.47 bits per heavy atom. The summed E-state index contributed by atoms with van der Waals surface area (Å²) in [6.45, 7) is 1.44. The molecule has 0 spiro atoms. The maximum atomic E-state index is 13.3. The lowest BCUT2D eigenvalue weighted by Crippen LogP contribution is -2.36. The summed E-state index contributed by atoms with van der Waals surface area (Å²) in [5, 5.41) is 0. The lowest BCUT2D eigenvalue weighted by Gasteiger charge is -2.28. The second-order valence-electron chi connectivity index (χ2n) is 7.72. The molecule has 5 rings (SSSR count). The Balaban J connectivity index is 1.42. The van der Waals surface area contributed by atoms with Crippen LogP contribution in [0, 0.1) is 0 Å².